The summed E-state index contributed by atoms with van der Waals surface area (Å²) >= 11 is 0. The number of hydrogen-bond donors (Lipinski definition) is 2. The van der Waals surface area contributed by atoms with Crippen molar-refractivity contribution in [3.63, 3.8) is 0 Å². The summed E-state index contributed by atoms with van der Waals surface area (Å²) in [7, 11) is 0. The number of fused-ring (bicyclic) bond motifs is 2. The average molecular weight is 169 g/mol. The molecule has 0 aromatic carbocycles. The molecule has 66 valence electrons. The van der Waals surface area contributed by atoms with Crippen molar-refractivity contribution in [3.8, 4) is 0 Å². The second-order valence-electron chi connectivity index (χ2n) is 3.96. The third-order valence-electron chi connectivity index (χ3n) is 3.32. The number of hydrogen-bond acceptors (Lipinski definition) is 4. The van der Waals surface area contributed by atoms with Crippen LogP contribution < -0.4 is 5.32 Å². The SMILES string of the molecule is O=C1OC2NC3CC(CC13)C2O. The van der Waals surface area contributed by atoms with Gasteiger partial charge >= 0.3 is 5.97 Å². The molecule has 0 spiro atoms. The van der Waals surface area contributed by atoms with Crippen LogP contribution in [0.1, 0.15) is 12.8 Å². The summed E-state index contributed by atoms with van der Waals surface area (Å²) in [4.78, 5) is 11.3. The Labute approximate surface area is 69.9 Å². The maximum absolute atomic E-state index is 11.3. The van der Waals surface area contributed by atoms with E-state index in [9.17, 15) is 9.90 Å². The number of carbonyl (C=O) groups excluding carboxylic acids is 1. The van der Waals surface area contributed by atoms with Crippen LogP contribution in [0, 0.1) is 11.8 Å². The fourth-order valence-corrected chi connectivity index (χ4v) is 2.67. The maximum Gasteiger partial charge on any atom is 0.312 e. The summed E-state index contributed by atoms with van der Waals surface area (Å²) in [5, 5.41) is 12.8. The van der Waals surface area contributed by atoms with Gasteiger partial charge in [0.1, 0.15) is 6.10 Å². The van der Waals surface area contributed by atoms with Crippen molar-refractivity contribution in [2.24, 2.45) is 11.8 Å². The van der Waals surface area contributed by atoms with Gasteiger partial charge in [-0.1, -0.05) is 0 Å². The Morgan fingerprint density at radius 3 is 3.17 bits per heavy atom. The maximum atomic E-state index is 11.3. The molecule has 0 aromatic rings. The molecule has 0 radical (unpaired) electrons. The molecule has 3 rings (SSSR count). The molecule has 3 aliphatic rings. The highest BCUT2D eigenvalue weighted by molar-refractivity contribution is 5.75. The van der Waals surface area contributed by atoms with Crippen LogP contribution in [-0.2, 0) is 9.53 Å². The first-order valence-electron chi connectivity index (χ1n) is 4.40. The van der Waals surface area contributed by atoms with Gasteiger partial charge in [-0.25, -0.2) is 0 Å². The molecule has 2 saturated heterocycles. The van der Waals surface area contributed by atoms with E-state index in [4.69, 9.17) is 4.74 Å². The molecule has 12 heavy (non-hydrogen) atoms. The molecule has 0 amide bonds. The molecular formula is C8H11NO3. The zero-order valence-corrected chi connectivity index (χ0v) is 6.56. The van der Waals surface area contributed by atoms with Gasteiger partial charge in [0.05, 0.1) is 5.92 Å². The van der Waals surface area contributed by atoms with E-state index in [-0.39, 0.29) is 23.8 Å². The molecule has 1 aliphatic carbocycles. The first-order chi connectivity index (χ1) is 5.75. The van der Waals surface area contributed by atoms with E-state index in [0.29, 0.717) is 0 Å². The fraction of sp³-hybridized carbons (Fsp3) is 0.875. The molecule has 2 N–H and O–H groups in total. The van der Waals surface area contributed by atoms with Crippen molar-refractivity contribution in [2.75, 3.05) is 0 Å². The van der Waals surface area contributed by atoms with E-state index in [1.54, 1.807) is 0 Å². The molecule has 0 aromatic heterocycles. The van der Waals surface area contributed by atoms with Crippen LogP contribution in [0.4, 0.5) is 0 Å². The Kier molecular flexibility index (Phi) is 1.14. The van der Waals surface area contributed by atoms with Crippen molar-refractivity contribution < 1.29 is 14.6 Å². The Morgan fingerprint density at radius 2 is 2.33 bits per heavy atom. The average Bonchev–Trinajstić information content (AvgIpc) is 2.38. The number of esters is 1. The van der Waals surface area contributed by atoms with Crippen LogP contribution in [-0.4, -0.2) is 29.4 Å². The molecule has 4 nitrogen and oxygen atoms in total. The van der Waals surface area contributed by atoms with Crippen LogP contribution in [0.2, 0.25) is 0 Å². The van der Waals surface area contributed by atoms with Crippen LogP contribution >= 0.6 is 0 Å². The smallest absolute Gasteiger partial charge is 0.312 e. The number of aliphatic hydroxyl groups excluding tert-OH is 1. The number of rotatable bonds is 0. The predicted molar refractivity (Wildman–Crippen MR) is 39.0 cm³/mol. The third-order valence-corrected chi connectivity index (χ3v) is 3.32. The van der Waals surface area contributed by atoms with Crippen LogP contribution in [0.3, 0.4) is 0 Å². The number of nitrogens with one attached hydrogen (secondary N) is 1. The summed E-state index contributed by atoms with van der Waals surface area (Å²) < 4.78 is 5.02. The van der Waals surface area contributed by atoms with E-state index < -0.39 is 12.3 Å². The molecule has 5 atom stereocenters. The minimum Gasteiger partial charge on any atom is -0.443 e. The van der Waals surface area contributed by atoms with Crippen LogP contribution in [0.15, 0.2) is 0 Å². The molecule has 1 saturated carbocycles. The van der Waals surface area contributed by atoms with Crippen molar-refractivity contribution in [1.29, 1.82) is 0 Å². The Morgan fingerprint density at radius 1 is 1.50 bits per heavy atom. The normalized spacial score (nSPS) is 55.8. The van der Waals surface area contributed by atoms with Gasteiger partial charge in [0, 0.05) is 6.04 Å². The lowest BCUT2D eigenvalue weighted by Crippen LogP contribution is -2.58. The number of ether oxygens (including phenoxy) is 1. The van der Waals surface area contributed by atoms with Gasteiger partial charge < -0.3 is 9.84 Å². The number of piperidine rings is 1. The van der Waals surface area contributed by atoms with Crippen molar-refractivity contribution in [1.82, 2.24) is 5.32 Å². The number of aliphatic hydroxyl groups is 1. The summed E-state index contributed by atoms with van der Waals surface area (Å²) in [6.45, 7) is 0. The minimum atomic E-state index is -0.488. The molecule has 4 heteroatoms. The van der Waals surface area contributed by atoms with Gasteiger partial charge in [0.2, 0.25) is 0 Å². The zero-order chi connectivity index (χ0) is 8.29. The van der Waals surface area contributed by atoms with E-state index in [0.717, 1.165) is 12.8 Å². The Balaban J connectivity index is 2.01. The molecule has 2 heterocycles. The first-order valence-corrected chi connectivity index (χ1v) is 4.40. The van der Waals surface area contributed by atoms with Crippen molar-refractivity contribution in [2.45, 2.75) is 31.2 Å². The van der Waals surface area contributed by atoms with Gasteiger partial charge in [-0.3, -0.25) is 10.1 Å². The number of carbonyl (C=O) groups is 1. The van der Waals surface area contributed by atoms with E-state index in [1.165, 1.54) is 0 Å². The Bertz CT molecular complexity index is 242. The van der Waals surface area contributed by atoms with Crippen LogP contribution in [0.25, 0.3) is 0 Å². The van der Waals surface area contributed by atoms with Gasteiger partial charge in [0.15, 0.2) is 6.23 Å². The van der Waals surface area contributed by atoms with Gasteiger partial charge in [-0.2, -0.15) is 0 Å². The zero-order valence-electron chi connectivity index (χ0n) is 6.56. The molecular weight excluding hydrogens is 158 g/mol. The van der Waals surface area contributed by atoms with Crippen molar-refractivity contribution >= 4 is 5.97 Å². The van der Waals surface area contributed by atoms with E-state index in [1.807, 2.05) is 0 Å². The lowest BCUT2D eigenvalue weighted by atomic mass is 9.96. The second kappa shape index (κ2) is 2.00. The van der Waals surface area contributed by atoms with Gasteiger partial charge in [-0.15, -0.1) is 0 Å². The highest BCUT2D eigenvalue weighted by Crippen LogP contribution is 2.42. The lowest BCUT2D eigenvalue weighted by Gasteiger charge is -2.37. The van der Waals surface area contributed by atoms with E-state index in [2.05, 4.69) is 5.32 Å². The first kappa shape index (κ1) is 6.86. The van der Waals surface area contributed by atoms with Gasteiger partial charge in [0.25, 0.3) is 0 Å². The molecule has 5 unspecified atom stereocenters. The molecule has 3 fully saturated rings. The quantitative estimate of drug-likeness (QED) is 0.467. The largest absolute Gasteiger partial charge is 0.443 e. The fourth-order valence-electron chi connectivity index (χ4n) is 2.67. The standard InChI is InChI=1S/C8H11NO3/c10-6-3-1-4-5(2-3)9-7(6)12-8(4)11/h3-7,9-10H,1-2H2. The van der Waals surface area contributed by atoms with Crippen molar-refractivity contribution in [3.05, 3.63) is 0 Å². The molecule has 2 aliphatic heterocycles. The highest BCUT2D eigenvalue weighted by Gasteiger charge is 2.54. The van der Waals surface area contributed by atoms with Crippen LogP contribution in [0.5, 0.6) is 0 Å². The monoisotopic (exact) mass is 169 g/mol. The summed E-state index contributed by atoms with van der Waals surface area (Å²) in [5.74, 6) is 0.156. The highest BCUT2D eigenvalue weighted by atomic mass is 16.6. The summed E-state index contributed by atoms with van der Waals surface area (Å²) in [5.41, 5.74) is 0. The minimum absolute atomic E-state index is 0.00315. The summed E-state index contributed by atoms with van der Waals surface area (Å²) in [6, 6.07) is 0.268. The lowest BCUT2D eigenvalue weighted by molar-refractivity contribution is -0.174. The topological polar surface area (TPSA) is 58.6 Å². The van der Waals surface area contributed by atoms with E-state index >= 15 is 0 Å². The predicted octanol–water partition coefficient (Wildman–Crippen LogP) is -0.772. The molecule has 3 bridgehead atoms. The van der Waals surface area contributed by atoms with Gasteiger partial charge in [-0.05, 0) is 18.8 Å². The second-order valence-corrected chi connectivity index (χ2v) is 3.96. The summed E-state index contributed by atoms with van der Waals surface area (Å²) in [6.07, 6.45) is 0.809. The Hall–Kier alpha value is -0.610. The third kappa shape index (κ3) is 0.671.